The van der Waals surface area contributed by atoms with Crippen LogP contribution in [0.4, 0.5) is 4.79 Å². The summed E-state index contributed by atoms with van der Waals surface area (Å²) in [7, 11) is 1.23. The van der Waals surface area contributed by atoms with Crippen LogP contribution in [0.2, 0.25) is 0 Å². The van der Waals surface area contributed by atoms with Crippen molar-refractivity contribution in [2.45, 2.75) is 0 Å². The van der Waals surface area contributed by atoms with Crippen LogP contribution in [-0.4, -0.2) is 32.2 Å². The second kappa shape index (κ2) is 6.21. The van der Waals surface area contributed by atoms with Crippen LogP contribution in [0.5, 0.6) is 0 Å². The standard InChI is InChI=1S/C7H12N2O3/c1-3-4-8-6(10)5-9-7(11)12-2/h3H,1,4-5H2,2H3,(H,8,10)(H,9,11). The molecule has 0 rings (SSSR count). The van der Waals surface area contributed by atoms with Crippen LogP contribution >= 0.6 is 0 Å². The molecule has 0 heterocycles. The first kappa shape index (κ1) is 10.5. The Balaban J connectivity index is 3.43. The minimum absolute atomic E-state index is 0.0828. The largest absolute Gasteiger partial charge is 0.453 e. The van der Waals surface area contributed by atoms with Gasteiger partial charge in [-0.1, -0.05) is 6.08 Å². The zero-order chi connectivity index (χ0) is 9.40. The Labute approximate surface area is 70.8 Å². The lowest BCUT2D eigenvalue weighted by atomic mass is 10.5. The zero-order valence-corrected chi connectivity index (χ0v) is 6.92. The fourth-order valence-electron chi connectivity index (χ4n) is 0.473. The topological polar surface area (TPSA) is 67.4 Å². The van der Waals surface area contributed by atoms with E-state index in [2.05, 4.69) is 21.9 Å². The Morgan fingerprint density at radius 3 is 2.67 bits per heavy atom. The molecule has 2 amide bonds. The van der Waals surface area contributed by atoms with E-state index in [4.69, 9.17) is 0 Å². The van der Waals surface area contributed by atoms with Crippen molar-refractivity contribution in [3.63, 3.8) is 0 Å². The third kappa shape index (κ3) is 5.28. The predicted octanol–water partition coefficient (Wildman–Crippen LogP) is -0.355. The number of alkyl carbamates (subject to hydrolysis) is 1. The van der Waals surface area contributed by atoms with Crippen LogP contribution in [0, 0.1) is 0 Å². The molecule has 0 saturated heterocycles. The lowest BCUT2D eigenvalue weighted by Crippen LogP contribution is -2.36. The molecule has 0 aromatic heterocycles. The van der Waals surface area contributed by atoms with Crippen molar-refractivity contribution in [1.82, 2.24) is 10.6 Å². The minimum Gasteiger partial charge on any atom is -0.453 e. The fourth-order valence-corrected chi connectivity index (χ4v) is 0.473. The number of hydrogen-bond acceptors (Lipinski definition) is 3. The van der Waals surface area contributed by atoms with Crippen LogP contribution in [0.3, 0.4) is 0 Å². The van der Waals surface area contributed by atoms with Gasteiger partial charge in [-0.25, -0.2) is 4.79 Å². The Bertz CT molecular complexity index is 179. The highest BCUT2D eigenvalue weighted by atomic mass is 16.5. The van der Waals surface area contributed by atoms with E-state index >= 15 is 0 Å². The molecule has 0 aromatic carbocycles. The van der Waals surface area contributed by atoms with Gasteiger partial charge >= 0.3 is 6.09 Å². The van der Waals surface area contributed by atoms with Gasteiger partial charge in [0.05, 0.1) is 7.11 Å². The molecule has 12 heavy (non-hydrogen) atoms. The SMILES string of the molecule is C=CCNC(=O)CNC(=O)OC. The summed E-state index contributed by atoms with van der Waals surface area (Å²) < 4.78 is 4.25. The smallest absolute Gasteiger partial charge is 0.407 e. The Morgan fingerprint density at radius 2 is 2.17 bits per heavy atom. The summed E-state index contributed by atoms with van der Waals surface area (Å²) in [5.41, 5.74) is 0. The van der Waals surface area contributed by atoms with E-state index < -0.39 is 6.09 Å². The molecule has 0 fully saturated rings. The molecule has 0 aliphatic heterocycles. The minimum atomic E-state index is -0.622. The molecule has 0 spiro atoms. The number of rotatable bonds is 4. The summed E-state index contributed by atoms with van der Waals surface area (Å²) in [5.74, 6) is -0.277. The van der Waals surface area contributed by atoms with E-state index in [-0.39, 0.29) is 12.5 Å². The molecule has 0 aliphatic rings. The van der Waals surface area contributed by atoms with Gasteiger partial charge < -0.3 is 15.4 Å². The average molecular weight is 172 g/mol. The number of amides is 2. The van der Waals surface area contributed by atoms with Crippen LogP contribution in [-0.2, 0) is 9.53 Å². The first-order chi connectivity index (χ1) is 5.70. The van der Waals surface area contributed by atoms with E-state index in [1.807, 2.05) is 0 Å². The van der Waals surface area contributed by atoms with Gasteiger partial charge in [-0.05, 0) is 0 Å². The summed E-state index contributed by atoms with van der Waals surface area (Å²) >= 11 is 0. The Morgan fingerprint density at radius 1 is 1.50 bits per heavy atom. The lowest BCUT2D eigenvalue weighted by Gasteiger charge is -2.02. The van der Waals surface area contributed by atoms with Crippen LogP contribution in [0.15, 0.2) is 12.7 Å². The summed E-state index contributed by atoms with van der Waals surface area (Å²) in [6, 6.07) is 0. The van der Waals surface area contributed by atoms with Crippen molar-refractivity contribution in [3.8, 4) is 0 Å². The second-order valence-corrected chi connectivity index (χ2v) is 1.94. The first-order valence-electron chi connectivity index (χ1n) is 3.40. The van der Waals surface area contributed by atoms with Crippen molar-refractivity contribution >= 4 is 12.0 Å². The number of ether oxygens (including phenoxy) is 1. The predicted molar refractivity (Wildman–Crippen MR) is 43.6 cm³/mol. The van der Waals surface area contributed by atoms with Crippen molar-refractivity contribution in [1.29, 1.82) is 0 Å². The number of carbonyl (C=O) groups excluding carboxylic acids is 2. The Kier molecular flexibility index (Phi) is 5.42. The van der Waals surface area contributed by atoms with E-state index in [9.17, 15) is 9.59 Å². The van der Waals surface area contributed by atoms with Gasteiger partial charge in [0.2, 0.25) is 5.91 Å². The monoisotopic (exact) mass is 172 g/mol. The molecule has 68 valence electrons. The second-order valence-electron chi connectivity index (χ2n) is 1.94. The quantitative estimate of drug-likeness (QED) is 0.569. The van der Waals surface area contributed by atoms with Crippen LogP contribution < -0.4 is 10.6 Å². The molecular formula is C7H12N2O3. The van der Waals surface area contributed by atoms with E-state index in [0.717, 1.165) is 0 Å². The number of nitrogens with one attached hydrogen (secondary N) is 2. The summed E-state index contributed by atoms with van der Waals surface area (Å²) in [6.45, 7) is 3.73. The third-order valence-electron chi connectivity index (χ3n) is 1.02. The highest BCUT2D eigenvalue weighted by molar-refractivity contribution is 5.82. The lowest BCUT2D eigenvalue weighted by molar-refractivity contribution is -0.119. The van der Waals surface area contributed by atoms with Crippen molar-refractivity contribution < 1.29 is 14.3 Å². The molecule has 2 N–H and O–H groups in total. The van der Waals surface area contributed by atoms with Gasteiger partial charge in [0.15, 0.2) is 0 Å². The van der Waals surface area contributed by atoms with Crippen molar-refractivity contribution in [2.24, 2.45) is 0 Å². The van der Waals surface area contributed by atoms with Gasteiger partial charge in [0, 0.05) is 6.54 Å². The van der Waals surface area contributed by atoms with Gasteiger partial charge in [0.1, 0.15) is 6.54 Å². The average Bonchev–Trinajstić information content (AvgIpc) is 2.10. The van der Waals surface area contributed by atoms with E-state index in [1.54, 1.807) is 6.08 Å². The molecule has 0 saturated carbocycles. The van der Waals surface area contributed by atoms with Crippen molar-refractivity contribution in [2.75, 3.05) is 20.2 Å². The molecule has 0 aromatic rings. The molecule has 0 bridgehead atoms. The van der Waals surface area contributed by atoms with E-state index in [0.29, 0.717) is 6.54 Å². The highest BCUT2D eigenvalue weighted by Gasteiger charge is 2.02. The number of methoxy groups -OCH3 is 1. The van der Waals surface area contributed by atoms with Crippen LogP contribution in [0.1, 0.15) is 0 Å². The number of hydrogen-bond donors (Lipinski definition) is 2. The molecule has 0 unspecified atom stereocenters. The van der Waals surface area contributed by atoms with Crippen LogP contribution in [0.25, 0.3) is 0 Å². The zero-order valence-electron chi connectivity index (χ0n) is 6.92. The summed E-state index contributed by atoms with van der Waals surface area (Å²) in [6.07, 6.45) is 0.930. The molecule has 0 aliphatic carbocycles. The first-order valence-corrected chi connectivity index (χ1v) is 3.40. The molecular weight excluding hydrogens is 160 g/mol. The molecule has 5 heteroatoms. The summed E-state index contributed by atoms with van der Waals surface area (Å²) in [5, 5.41) is 4.72. The van der Waals surface area contributed by atoms with Gasteiger partial charge in [-0.2, -0.15) is 0 Å². The third-order valence-corrected chi connectivity index (χ3v) is 1.02. The molecule has 0 radical (unpaired) electrons. The molecule has 0 atom stereocenters. The van der Waals surface area contributed by atoms with Gasteiger partial charge in [-0.15, -0.1) is 6.58 Å². The maximum absolute atomic E-state index is 10.8. The fraction of sp³-hybridized carbons (Fsp3) is 0.429. The number of carbonyl (C=O) groups is 2. The highest BCUT2D eigenvalue weighted by Crippen LogP contribution is 1.70. The van der Waals surface area contributed by atoms with Gasteiger partial charge in [-0.3, -0.25) is 4.79 Å². The molecule has 5 nitrogen and oxygen atoms in total. The van der Waals surface area contributed by atoms with E-state index in [1.165, 1.54) is 7.11 Å². The normalized spacial score (nSPS) is 8.42. The van der Waals surface area contributed by atoms with Crippen molar-refractivity contribution in [3.05, 3.63) is 12.7 Å². The maximum Gasteiger partial charge on any atom is 0.407 e. The Hall–Kier alpha value is -1.52. The summed E-state index contributed by atoms with van der Waals surface area (Å²) in [4.78, 5) is 21.2. The van der Waals surface area contributed by atoms with Gasteiger partial charge in [0.25, 0.3) is 0 Å². The maximum atomic E-state index is 10.8.